The Morgan fingerprint density at radius 3 is 1.95 bits per heavy atom. The van der Waals surface area contributed by atoms with Crippen molar-refractivity contribution >= 4 is 22.1 Å². The zero-order valence-corrected chi connectivity index (χ0v) is 17.6. The Morgan fingerprint density at radius 1 is 1.05 bits per heavy atom. The zero-order chi connectivity index (χ0) is 16.0. The Balaban J connectivity index is 2.29. The van der Waals surface area contributed by atoms with E-state index < -0.39 is 18.4 Å². The van der Waals surface area contributed by atoms with Crippen LogP contribution in [0.25, 0.3) is 0 Å². The van der Waals surface area contributed by atoms with E-state index >= 15 is 4.39 Å². The van der Waals surface area contributed by atoms with Crippen molar-refractivity contribution in [2.75, 3.05) is 0 Å². The van der Waals surface area contributed by atoms with Crippen molar-refractivity contribution in [1.29, 1.82) is 0 Å². The zero-order valence-electron chi connectivity index (χ0n) is 14.7. The van der Waals surface area contributed by atoms with Crippen LogP contribution >= 0.6 is 0 Å². The molecule has 1 saturated carbocycles. The molecule has 0 saturated heterocycles. The molecule has 4 heteroatoms. The number of rotatable bonds is 11. The Hall–Kier alpha value is -0.0613. The van der Waals surface area contributed by atoms with Crippen molar-refractivity contribution in [2.24, 2.45) is 0 Å². The van der Waals surface area contributed by atoms with Gasteiger partial charge in [-0.05, 0) is 0 Å². The Bertz CT molecular complexity index is 432. The van der Waals surface area contributed by atoms with E-state index in [4.69, 9.17) is 0 Å². The van der Waals surface area contributed by atoms with Crippen molar-refractivity contribution in [3.05, 3.63) is 12.3 Å². The van der Waals surface area contributed by atoms with Gasteiger partial charge in [0.25, 0.3) is 0 Å². The number of unbranched alkanes of at least 4 members (excludes halogenated alkanes) is 3. The first kappa shape index (κ1) is 18.3. The number of aromatic nitrogens is 2. The number of hydrogen-bond donors (Lipinski definition) is 0. The van der Waals surface area contributed by atoms with E-state index in [9.17, 15) is 0 Å². The van der Waals surface area contributed by atoms with Crippen LogP contribution in [0.5, 0.6) is 0 Å². The molecule has 0 bridgehead atoms. The van der Waals surface area contributed by atoms with Crippen LogP contribution < -0.4 is 3.71 Å². The molecule has 1 fully saturated rings. The summed E-state index contributed by atoms with van der Waals surface area (Å²) < 4.78 is 21.8. The normalized spacial score (nSPS) is 15.5. The SMILES string of the molecule is CCC[CH2][Sn]([CH2]CCC)([CH2]CCC)[c]1ncn(C2CC2)c1F. The number of halogens is 1. The van der Waals surface area contributed by atoms with E-state index in [1.54, 1.807) is 0 Å². The van der Waals surface area contributed by atoms with Gasteiger partial charge in [0.1, 0.15) is 0 Å². The molecule has 126 valence electrons. The molecule has 1 heterocycles. The van der Waals surface area contributed by atoms with Gasteiger partial charge in [0.2, 0.25) is 0 Å². The maximum absolute atomic E-state index is 15.1. The summed E-state index contributed by atoms with van der Waals surface area (Å²) in [5.74, 6) is 0.0570. The van der Waals surface area contributed by atoms with E-state index in [2.05, 4.69) is 25.8 Å². The van der Waals surface area contributed by atoms with Crippen molar-refractivity contribution in [1.82, 2.24) is 9.55 Å². The van der Waals surface area contributed by atoms with E-state index in [-0.39, 0.29) is 5.95 Å². The van der Waals surface area contributed by atoms with Gasteiger partial charge in [-0.25, -0.2) is 0 Å². The minimum absolute atomic E-state index is 0.0570. The molecular formula is C18H33FN2Sn. The molecular weight excluding hydrogens is 382 g/mol. The van der Waals surface area contributed by atoms with Gasteiger partial charge in [0, 0.05) is 0 Å². The second-order valence-electron chi connectivity index (χ2n) is 7.11. The molecule has 1 aromatic heterocycles. The fourth-order valence-corrected chi connectivity index (χ4v) is 19.1. The third-order valence-corrected chi connectivity index (χ3v) is 20.2. The van der Waals surface area contributed by atoms with Gasteiger partial charge < -0.3 is 0 Å². The van der Waals surface area contributed by atoms with Gasteiger partial charge in [-0.1, -0.05) is 0 Å². The van der Waals surface area contributed by atoms with Crippen LogP contribution in [0.2, 0.25) is 13.3 Å². The van der Waals surface area contributed by atoms with E-state index in [0.29, 0.717) is 6.04 Å². The topological polar surface area (TPSA) is 17.8 Å². The van der Waals surface area contributed by atoms with Crippen molar-refractivity contribution < 1.29 is 4.39 Å². The second-order valence-corrected chi connectivity index (χ2v) is 20.1. The summed E-state index contributed by atoms with van der Waals surface area (Å²) in [4.78, 5) is 4.69. The molecule has 0 spiro atoms. The van der Waals surface area contributed by atoms with Crippen LogP contribution in [0.3, 0.4) is 0 Å². The summed E-state index contributed by atoms with van der Waals surface area (Å²) in [6.07, 6.45) is 11.5. The molecule has 0 amide bonds. The Labute approximate surface area is 139 Å². The van der Waals surface area contributed by atoms with Crippen molar-refractivity contribution in [3.8, 4) is 0 Å². The molecule has 1 aromatic rings. The molecule has 0 atom stereocenters. The molecule has 0 aromatic carbocycles. The van der Waals surface area contributed by atoms with Gasteiger partial charge in [-0.3, -0.25) is 0 Å². The van der Waals surface area contributed by atoms with Gasteiger partial charge in [-0.2, -0.15) is 0 Å². The predicted octanol–water partition coefficient (Wildman–Crippen LogP) is 5.41. The van der Waals surface area contributed by atoms with Gasteiger partial charge >= 0.3 is 140 Å². The van der Waals surface area contributed by atoms with E-state index in [0.717, 1.165) is 16.6 Å². The Kier molecular flexibility index (Phi) is 7.23. The molecule has 0 unspecified atom stereocenters. The molecule has 1 aliphatic carbocycles. The molecule has 1 aliphatic rings. The van der Waals surface area contributed by atoms with Crippen LogP contribution in [0.4, 0.5) is 4.39 Å². The van der Waals surface area contributed by atoms with Gasteiger partial charge in [0.05, 0.1) is 0 Å². The van der Waals surface area contributed by atoms with Crippen molar-refractivity contribution in [2.45, 2.75) is 91.5 Å². The van der Waals surface area contributed by atoms with E-state index in [1.165, 1.54) is 51.8 Å². The molecule has 0 N–H and O–H groups in total. The molecule has 0 aliphatic heterocycles. The molecule has 22 heavy (non-hydrogen) atoms. The quantitative estimate of drug-likeness (QED) is 0.442. The minimum atomic E-state index is -2.68. The molecule has 2 rings (SSSR count). The molecule has 0 radical (unpaired) electrons. The monoisotopic (exact) mass is 416 g/mol. The average Bonchev–Trinajstić information content (AvgIpc) is 3.30. The summed E-state index contributed by atoms with van der Waals surface area (Å²) >= 11 is -2.68. The van der Waals surface area contributed by atoms with Crippen LogP contribution in [0.15, 0.2) is 6.33 Å². The summed E-state index contributed by atoms with van der Waals surface area (Å²) in [5.41, 5.74) is 0. The van der Waals surface area contributed by atoms with Crippen molar-refractivity contribution in [3.63, 3.8) is 0 Å². The fraction of sp³-hybridized carbons (Fsp3) is 0.833. The summed E-state index contributed by atoms with van der Waals surface area (Å²) in [6, 6.07) is 0.411. The maximum atomic E-state index is 15.1. The van der Waals surface area contributed by atoms with Crippen LogP contribution in [-0.4, -0.2) is 27.9 Å². The van der Waals surface area contributed by atoms with E-state index in [1.807, 2.05) is 10.9 Å². The third-order valence-electron chi connectivity index (χ3n) is 5.20. The van der Waals surface area contributed by atoms with Crippen LogP contribution in [-0.2, 0) is 0 Å². The third kappa shape index (κ3) is 4.27. The summed E-state index contributed by atoms with van der Waals surface area (Å²) in [5, 5.41) is 0. The van der Waals surface area contributed by atoms with Gasteiger partial charge in [-0.15, -0.1) is 0 Å². The number of nitrogens with zero attached hydrogens (tertiary/aromatic N) is 2. The van der Waals surface area contributed by atoms with Crippen LogP contribution in [0, 0.1) is 5.95 Å². The van der Waals surface area contributed by atoms with Crippen LogP contribution in [0.1, 0.15) is 78.2 Å². The second kappa shape index (κ2) is 8.70. The summed E-state index contributed by atoms with van der Waals surface area (Å²) in [6.45, 7) is 6.78. The summed E-state index contributed by atoms with van der Waals surface area (Å²) in [7, 11) is 0. The fourth-order valence-electron chi connectivity index (χ4n) is 3.58. The number of hydrogen-bond acceptors (Lipinski definition) is 1. The average molecular weight is 415 g/mol. The first-order valence-electron chi connectivity index (χ1n) is 9.41. The first-order valence-corrected chi connectivity index (χ1v) is 16.9. The standard InChI is InChI=1S/C6H6FN2.3C4H9.Sn/c7-6-3-8-4-9(6)5-1-2-5;3*1-3-4-2;/h4-5H,1-2H2;3*1,3-4H2,2H3;. The Morgan fingerprint density at radius 2 is 1.55 bits per heavy atom. The number of imidazole rings is 1. The first-order chi connectivity index (χ1) is 10.7. The van der Waals surface area contributed by atoms with Gasteiger partial charge in [0.15, 0.2) is 0 Å². The predicted molar refractivity (Wildman–Crippen MR) is 95.0 cm³/mol. The molecule has 2 nitrogen and oxygen atoms in total.